The number of hydrogen-bond donors (Lipinski definition) is 2. The fraction of sp³-hybridized carbons (Fsp3) is 0.312. The monoisotopic (exact) mass is 338 g/mol. The van der Waals surface area contributed by atoms with Crippen molar-refractivity contribution in [1.82, 2.24) is 10.6 Å². The van der Waals surface area contributed by atoms with Crippen molar-refractivity contribution in [2.24, 2.45) is 0 Å². The molecule has 1 fully saturated rings. The van der Waals surface area contributed by atoms with Crippen LogP contribution in [0.4, 0.5) is 0 Å². The predicted molar refractivity (Wildman–Crippen MR) is 92.3 cm³/mol. The van der Waals surface area contributed by atoms with E-state index in [-0.39, 0.29) is 24.4 Å². The van der Waals surface area contributed by atoms with Crippen molar-refractivity contribution in [3.8, 4) is 16.2 Å². The highest BCUT2D eigenvalue weighted by Gasteiger charge is 2.22. The van der Waals surface area contributed by atoms with Crippen LogP contribution < -0.4 is 15.4 Å². The summed E-state index contributed by atoms with van der Waals surface area (Å²) in [6, 6.07) is 12.2. The van der Waals surface area contributed by atoms with Crippen LogP contribution in [0, 0.1) is 0 Å². The Hall–Kier alpha value is -1.56. The summed E-state index contributed by atoms with van der Waals surface area (Å²) in [6.07, 6.45) is 0.977. The molecule has 0 spiro atoms. The van der Waals surface area contributed by atoms with Gasteiger partial charge in [0.15, 0.2) is 0 Å². The molecule has 22 heavy (non-hydrogen) atoms. The zero-order valence-electron chi connectivity index (χ0n) is 12.3. The van der Waals surface area contributed by atoms with Gasteiger partial charge in [-0.2, -0.15) is 0 Å². The molecule has 1 saturated heterocycles. The number of amides is 1. The molecule has 1 aromatic heterocycles. The van der Waals surface area contributed by atoms with Gasteiger partial charge in [-0.05, 0) is 24.6 Å². The Bertz CT molecular complexity index is 624. The topological polar surface area (TPSA) is 50.4 Å². The summed E-state index contributed by atoms with van der Waals surface area (Å²) in [5, 5.41) is 6.31. The lowest BCUT2D eigenvalue weighted by Gasteiger charge is -2.10. The van der Waals surface area contributed by atoms with Gasteiger partial charge in [-0.15, -0.1) is 23.7 Å². The van der Waals surface area contributed by atoms with Crippen LogP contribution in [-0.2, 0) is 0 Å². The number of ether oxygens (including phenoxy) is 1. The third kappa shape index (κ3) is 3.61. The number of hydrogen-bond acceptors (Lipinski definition) is 4. The van der Waals surface area contributed by atoms with Gasteiger partial charge in [0.1, 0.15) is 10.6 Å². The largest absolute Gasteiger partial charge is 0.495 e. The Morgan fingerprint density at radius 1 is 1.36 bits per heavy atom. The average molecular weight is 339 g/mol. The van der Waals surface area contributed by atoms with Crippen LogP contribution in [-0.4, -0.2) is 32.1 Å². The molecule has 6 heteroatoms. The second kappa shape index (κ2) is 7.63. The van der Waals surface area contributed by atoms with Crippen molar-refractivity contribution in [3.63, 3.8) is 0 Å². The first kappa shape index (κ1) is 16.8. The van der Waals surface area contributed by atoms with Crippen molar-refractivity contribution in [1.29, 1.82) is 0 Å². The van der Waals surface area contributed by atoms with Crippen LogP contribution in [0.3, 0.4) is 0 Å². The van der Waals surface area contributed by atoms with Gasteiger partial charge in [0, 0.05) is 17.5 Å². The van der Waals surface area contributed by atoms with E-state index in [9.17, 15) is 4.79 Å². The normalized spacial score (nSPS) is 16.9. The third-order valence-corrected chi connectivity index (χ3v) is 4.74. The number of rotatable bonds is 4. The van der Waals surface area contributed by atoms with E-state index in [1.807, 2.05) is 36.4 Å². The summed E-state index contributed by atoms with van der Waals surface area (Å²) < 4.78 is 5.37. The molecule has 2 N–H and O–H groups in total. The predicted octanol–water partition coefficient (Wildman–Crippen LogP) is 2.94. The summed E-state index contributed by atoms with van der Waals surface area (Å²) >= 11 is 1.47. The lowest BCUT2D eigenvalue weighted by Crippen LogP contribution is -2.35. The highest BCUT2D eigenvalue weighted by Crippen LogP contribution is 2.36. The summed E-state index contributed by atoms with van der Waals surface area (Å²) in [5.74, 6) is 0.593. The van der Waals surface area contributed by atoms with Crippen molar-refractivity contribution >= 4 is 29.7 Å². The number of carbonyl (C=O) groups excluding carboxylic acids is 1. The van der Waals surface area contributed by atoms with E-state index in [0.717, 1.165) is 30.0 Å². The van der Waals surface area contributed by atoms with Crippen LogP contribution in [0.25, 0.3) is 10.4 Å². The lowest BCUT2D eigenvalue weighted by molar-refractivity contribution is 0.0941. The van der Waals surface area contributed by atoms with E-state index in [0.29, 0.717) is 10.6 Å². The Morgan fingerprint density at radius 3 is 2.77 bits per heavy atom. The standard InChI is InChI=1S/C16H18N2O2S.ClH/c1-20-13-9-14(11-5-3-2-4-6-11)21-15(13)16(19)18-12-7-8-17-10-12;/h2-6,9,12,17H,7-8,10H2,1H3,(H,18,19);1H. The van der Waals surface area contributed by atoms with E-state index in [1.165, 1.54) is 11.3 Å². The van der Waals surface area contributed by atoms with Gasteiger partial charge >= 0.3 is 0 Å². The minimum atomic E-state index is -0.0484. The van der Waals surface area contributed by atoms with Crippen LogP contribution >= 0.6 is 23.7 Å². The van der Waals surface area contributed by atoms with Crippen molar-refractivity contribution < 1.29 is 9.53 Å². The van der Waals surface area contributed by atoms with Crippen LogP contribution in [0.5, 0.6) is 5.75 Å². The van der Waals surface area contributed by atoms with Crippen molar-refractivity contribution in [3.05, 3.63) is 41.3 Å². The van der Waals surface area contributed by atoms with Crippen molar-refractivity contribution in [2.45, 2.75) is 12.5 Å². The van der Waals surface area contributed by atoms with Crippen molar-refractivity contribution in [2.75, 3.05) is 20.2 Å². The number of benzene rings is 1. The number of nitrogens with one attached hydrogen (secondary N) is 2. The zero-order valence-corrected chi connectivity index (χ0v) is 13.9. The molecule has 1 atom stereocenters. The molecule has 1 unspecified atom stereocenters. The second-order valence-electron chi connectivity index (χ2n) is 5.04. The number of methoxy groups -OCH3 is 1. The Balaban J connectivity index is 0.00000176. The molecule has 0 saturated carbocycles. The van der Waals surface area contributed by atoms with E-state index in [4.69, 9.17) is 4.74 Å². The van der Waals surface area contributed by atoms with Crippen LogP contribution in [0.15, 0.2) is 36.4 Å². The molecule has 2 aromatic rings. The van der Waals surface area contributed by atoms with Gasteiger partial charge in [-0.3, -0.25) is 4.79 Å². The highest BCUT2D eigenvalue weighted by atomic mass is 35.5. The van der Waals surface area contributed by atoms with E-state index in [1.54, 1.807) is 7.11 Å². The molecule has 1 aliphatic heterocycles. The van der Waals surface area contributed by atoms with Gasteiger partial charge in [-0.1, -0.05) is 30.3 Å². The molecule has 2 heterocycles. The molecular weight excluding hydrogens is 320 g/mol. The SMILES string of the molecule is COc1cc(-c2ccccc2)sc1C(=O)NC1CCNC1.Cl. The fourth-order valence-electron chi connectivity index (χ4n) is 2.46. The first-order valence-electron chi connectivity index (χ1n) is 7.03. The van der Waals surface area contributed by atoms with E-state index in [2.05, 4.69) is 10.6 Å². The van der Waals surface area contributed by atoms with E-state index < -0.39 is 0 Å². The molecule has 4 nitrogen and oxygen atoms in total. The van der Waals surface area contributed by atoms with Gasteiger partial charge in [-0.25, -0.2) is 0 Å². The summed E-state index contributed by atoms with van der Waals surface area (Å²) in [4.78, 5) is 14.1. The van der Waals surface area contributed by atoms with Crippen LogP contribution in [0.1, 0.15) is 16.1 Å². The molecule has 0 bridgehead atoms. The highest BCUT2D eigenvalue weighted by molar-refractivity contribution is 7.17. The second-order valence-corrected chi connectivity index (χ2v) is 6.09. The Labute approximate surface area is 140 Å². The molecule has 0 aliphatic carbocycles. The number of thiophene rings is 1. The third-order valence-electron chi connectivity index (χ3n) is 3.58. The first-order valence-corrected chi connectivity index (χ1v) is 7.84. The Kier molecular flexibility index (Phi) is 5.83. The molecule has 118 valence electrons. The molecule has 1 amide bonds. The molecule has 3 rings (SSSR count). The molecule has 0 radical (unpaired) electrons. The molecular formula is C16H19ClN2O2S. The maximum atomic E-state index is 12.4. The maximum absolute atomic E-state index is 12.4. The van der Waals surface area contributed by atoms with Gasteiger partial charge in [0.2, 0.25) is 0 Å². The minimum absolute atomic E-state index is 0. The smallest absolute Gasteiger partial charge is 0.265 e. The lowest BCUT2D eigenvalue weighted by atomic mass is 10.2. The fourth-order valence-corrected chi connectivity index (χ4v) is 3.49. The summed E-state index contributed by atoms with van der Waals surface area (Å²) in [7, 11) is 1.60. The van der Waals surface area contributed by atoms with E-state index >= 15 is 0 Å². The minimum Gasteiger partial charge on any atom is -0.495 e. The quantitative estimate of drug-likeness (QED) is 0.901. The summed E-state index contributed by atoms with van der Waals surface area (Å²) in [5.41, 5.74) is 1.10. The molecule has 1 aromatic carbocycles. The number of halogens is 1. The van der Waals surface area contributed by atoms with Crippen LogP contribution in [0.2, 0.25) is 0 Å². The molecule has 1 aliphatic rings. The summed E-state index contributed by atoms with van der Waals surface area (Å²) in [6.45, 7) is 1.80. The first-order chi connectivity index (χ1) is 10.3. The van der Waals surface area contributed by atoms with Gasteiger partial charge < -0.3 is 15.4 Å². The Morgan fingerprint density at radius 2 is 2.14 bits per heavy atom. The number of carbonyl (C=O) groups is 1. The maximum Gasteiger partial charge on any atom is 0.265 e. The zero-order chi connectivity index (χ0) is 14.7. The van der Waals surface area contributed by atoms with Gasteiger partial charge in [0.25, 0.3) is 5.91 Å². The van der Waals surface area contributed by atoms with Gasteiger partial charge in [0.05, 0.1) is 7.11 Å². The average Bonchev–Trinajstić information content (AvgIpc) is 3.17.